The first-order valence-corrected chi connectivity index (χ1v) is 11.3. The summed E-state index contributed by atoms with van der Waals surface area (Å²) in [5, 5.41) is 8.49. The van der Waals surface area contributed by atoms with Gasteiger partial charge in [0, 0.05) is 24.6 Å². The molecule has 7 nitrogen and oxygen atoms in total. The van der Waals surface area contributed by atoms with Crippen LogP contribution in [0.3, 0.4) is 0 Å². The van der Waals surface area contributed by atoms with Crippen molar-refractivity contribution in [3.05, 3.63) is 59.7 Å². The number of anilines is 1. The van der Waals surface area contributed by atoms with E-state index in [1.807, 2.05) is 24.3 Å². The number of carbonyl (C=O) groups excluding carboxylic acids is 3. The summed E-state index contributed by atoms with van der Waals surface area (Å²) < 4.78 is 5.21. The Kier molecular flexibility index (Phi) is 7.74. The molecule has 1 aliphatic heterocycles. The van der Waals surface area contributed by atoms with E-state index < -0.39 is 12.0 Å². The molecule has 2 aromatic carbocycles. The topological polar surface area (TPSA) is 96.5 Å². The van der Waals surface area contributed by atoms with Crippen LogP contribution in [0.1, 0.15) is 50.8 Å². The minimum atomic E-state index is -0.900. The molecule has 2 atom stereocenters. The highest BCUT2D eigenvalue weighted by Crippen LogP contribution is 2.24. The largest absolute Gasteiger partial charge is 0.497 e. The fourth-order valence-electron chi connectivity index (χ4n) is 3.90. The van der Waals surface area contributed by atoms with E-state index in [1.165, 1.54) is 5.56 Å². The number of ether oxygens (including phenoxy) is 1. The number of piperidine rings is 1. The van der Waals surface area contributed by atoms with Gasteiger partial charge in [-0.25, -0.2) is 0 Å². The van der Waals surface area contributed by atoms with Gasteiger partial charge in [0.2, 0.25) is 11.8 Å². The Bertz CT molecular complexity index is 978. The lowest BCUT2D eigenvalue weighted by Gasteiger charge is -2.25. The highest BCUT2D eigenvalue weighted by molar-refractivity contribution is 5.98. The lowest BCUT2D eigenvalue weighted by atomic mass is 9.88. The maximum Gasteiger partial charge on any atom is 0.251 e. The van der Waals surface area contributed by atoms with Crippen LogP contribution in [0.5, 0.6) is 5.75 Å². The van der Waals surface area contributed by atoms with Gasteiger partial charge in [0.25, 0.3) is 5.91 Å². The molecule has 1 saturated heterocycles. The zero-order valence-corrected chi connectivity index (χ0v) is 19.7. The molecule has 0 aromatic heterocycles. The zero-order chi connectivity index (χ0) is 24.0. The first-order chi connectivity index (χ1) is 15.6. The molecule has 176 valence electrons. The van der Waals surface area contributed by atoms with Crippen LogP contribution in [0.2, 0.25) is 0 Å². The zero-order valence-electron chi connectivity index (χ0n) is 19.7. The third-order valence-electron chi connectivity index (χ3n) is 5.57. The minimum Gasteiger partial charge on any atom is -0.497 e. The van der Waals surface area contributed by atoms with Gasteiger partial charge >= 0.3 is 0 Å². The smallest absolute Gasteiger partial charge is 0.251 e. The molecule has 0 bridgehead atoms. The summed E-state index contributed by atoms with van der Waals surface area (Å²) in [6, 6.07) is 13.9. The number of carbonyl (C=O) groups is 3. The van der Waals surface area contributed by atoms with Gasteiger partial charge in [0.05, 0.1) is 7.11 Å². The molecule has 7 heteroatoms. The fraction of sp³-hybridized carbons (Fsp3) is 0.423. The summed E-state index contributed by atoms with van der Waals surface area (Å²) in [6.45, 7) is 7.00. The van der Waals surface area contributed by atoms with Crippen LogP contribution < -0.4 is 20.7 Å². The van der Waals surface area contributed by atoms with Gasteiger partial charge in [-0.3, -0.25) is 14.4 Å². The molecule has 2 unspecified atom stereocenters. The van der Waals surface area contributed by atoms with Crippen molar-refractivity contribution in [3.8, 4) is 5.75 Å². The average molecular weight is 452 g/mol. The summed E-state index contributed by atoms with van der Waals surface area (Å²) in [5.74, 6) is -0.604. The van der Waals surface area contributed by atoms with E-state index in [1.54, 1.807) is 31.4 Å². The maximum atomic E-state index is 13.2. The number of nitrogens with one attached hydrogen (secondary N) is 3. The van der Waals surface area contributed by atoms with Gasteiger partial charge < -0.3 is 20.7 Å². The predicted molar refractivity (Wildman–Crippen MR) is 128 cm³/mol. The number of rotatable bonds is 7. The Balaban J connectivity index is 1.76. The van der Waals surface area contributed by atoms with Gasteiger partial charge in [-0.05, 0) is 53.6 Å². The molecule has 3 N–H and O–H groups in total. The first kappa shape index (κ1) is 24.3. The van der Waals surface area contributed by atoms with Crippen molar-refractivity contribution < 1.29 is 19.1 Å². The monoisotopic (exact) mass is 451 g/mol. The minimum absolute atomic E-state index is 0.123. The molecule has 1 heterocycles. The Hall–Kier alpha value is -3.35. The molecule has 2 aromatic rings. The number of hydrogen-bond donors (Lipinski definition) is 3. The molecule has 0 saturated carbocycles. The van der Waals surface area contributed by atoms with Crippen molar-refractivity contribution in [1.82, 2.24) is 10.6 Å². The third kappa shape index (κ3) is 7.07. The summed E-state index contributed by atoms with van der Waals surface area (Å²) >= 11 is 0. The van der Waals surface area contributed by atoms with Crippen LogP contribution in [-0.4, -0.2) is 31.4 Å². The van der Waals surface area contributed by atoms with Crippen molar-refractivity contribution >= 4 is 23.4 Å². The summed E-state index contributed by atoms with van der Waals surface area (Å²) in [6.07, 6.45) is 1.60. The van der Waals surface area contributed by atoms with Crippen LogP contribution >= 0.6 is 0 Å². The summed E-state index contributed by atoms with van der Waals surface area (Å²) in [5.41, 5.74) is 2.65. The van der Waals surface area contributed by atoms with Gasteiger partial charge in [-0.15, -0.1) is 0 Å². The molecule has 3 amide bonds. The molecule has 3 rings (SSSR count). The summed E-state index contributed by atoms with van der Waals surface area (Å²) in [7, 11) is 1.57. The Morgan fingerprint density at radius 3 is 2.33 bits per heavy atom. The van der Waals surface area contributed by atoms with E-state index in [9.17, 15) is 14.4 Å². The Morgan fingerprint density at radius 2 is 1.76 bits per heavy atom. The number of benzene rings is 2. The van der Waals surface area contributed by atoms with Gasteiger partial charge in [0.15, 0.2) is 0 Å². The molecule has 0 spiro atoms. The third-order valence-corrected chi connectivity index (χ3v) is 5.57. The Morgan fingerprint density at radius 1 is 1.09 bits per heavy atom. The number of methoxy groups -OCH3 is 1. The highest BCUT2D eigenvalue weighted by atomic mass is 16.5. The van der Waals surface area contributed by atoms with Crippen molar-refractivity contribution in [2.45, 2.75) is 46.1 Å². The van der Waals surface area contributed by atoms with Gasteiger partial charge in [-0.1, -0.05) is 45.0 Å². The van der Waals surface area contributed by atoms with Crippen molar-refractivity contribution in [2.75, 3.05) is 19.0 Å². The molecule has 0 radical (unpaired) electrons. The average Bonchev–Trinajstić information content (AvgIpc) is 2.77. The normalized spacial score (nSPS) is 17.0. The van der Waals surface area contributed by atoms with Crippen LogP contribution in [-0.2, 0) is 20.8 Å². The molecule has 1 fully saturated rings. The van der Waals surface area contributed by atoms with Gasteiger partial charge in [0.1, 0.15) is 11.8 Å². The maximum absolute atomic E-state index is 13.2. The van der Waals surface area contributed by atoms with Crippen molar-refractivity contribution in [3.63, 3.8) is 0 Å². The predicted octanol–water partition coefficient (Wildman–Crippen LogP) is 3.61. The first-order valence-electron chi connectivity index (χ1n) is 11.3. The molecular weight excluding hydrogens is 418 g/mol. The fourth-order valence-corrected chi connectivity index (χ4v) is 3.90. The number of amides is 3. The van der Waals surface area contributed by atoms with Gasteiger partial charge in [-0.2, -0.15) is 0 Å². The molecule has 1 aliphatic rings. The van der Waals surface area contributed by atoms with Crippen molar-refractivity contribution in [2.24, 2.45) is 11.3 Å². The van der Waals surface area contributed by atoms with Crippen LogP contribution in [0.15, 0.2) is 48.5 Å². The second-order valence-corrected chi connectivity index (χ2v) is 9.68. The number of hydrogen-bond acceptors (Lipinski definition) is 4. The van der Waals surface area contributed by atoms with E-state index >= 15 is 0 Å². The highest BCUT2D eigenvalue weighted by Gasteiger charge is 2.30. The lowest BCUT2D eigenvalue weighted by molar-refractivity contribution is -0.134. The Labute approximate surface area is 195 Å². The van der Waals surface area contributed by atoms with Crippen LogP contribution in [0.4, 0.5) is 5.69 Å². The molecular formula is C26H33N3O4. The standard InChI is InChI=1S/C26H33N3O4/c1-26(2,3)16-17-5-9-20(10-6-17)28-25(32)23(18-7-11-21(33-4)12-8-18)29-24(31)19-13-14-27-22(30)15-19/h5-12,19,23H,13-16H2,1-4H3,(H,27,30)(H,28,32)(H,29,31). The second kappa shape index (κ2) is 10.5. The van der Waals surface area contributed by atoms with E-state index in [2.05, 4.69) is 36.7 Å². The van der Waals surface area contributed by atoms with E-state index in [0.29, 0.717) is 30.0 Å². The SMILES string of the molecule is COc1ccc(C(NC(=O)C2CCNC(=O)C2)C(=O)Nc2ccc(CC(C)(C)C)cc2)cc1. The van der Waals surface area contributed by atoms with E-state index in [-0.39, 0.29) is 29.6 Å². The quantitative estimate of drug-likeness (QED) is 0.599. The van der Waals surface area contributed by atoms with Crippen LogP contribution in [0, 0.1) is 11.3 Å². The van der Waals surface area contributed by atoms with E-state index in [4.69, 9.17) is 4.74 Å². The molecule has 0 aliphatic carbocycles. The second-order valence-electron chi connectivity index (χ2n) is 9.68. The summed E-state index contributed by atoms with van der Waals surface area (Å²) in [4.78, 5) is 37.8. The molecule has 33 heavy (non-hydrogen) atoms. The van der Waals surface area contributed by atoms with E-state index in [0.717, 1.165) is 6.42 Å². The van der Waals surface area contributed by atoms with Crippen molar-refractivity contribution in [1.29, 1.82) is 0 Å². The lowest BCUT2D eigenvalue weighted by Crippen LogP contribution is -2.44. The van der Waals surface area contributed by atoms with Crippen LogP contribution in [0.25, 0.3) is 0 Å².